The van der Waals surface area contributed by atoms with Crippen molar-refractivity contribution in [2.75, 3.05) is 6.54 Å². The van der Waals surface area contributed by atoms with Gasteiger partial charge in [0.25, 0.3) is 0 Å². The van der Waals surface area contributed by atoms with Crippen LogP contribution in [0, 0.1) is 11.8 Å². The molecule has 0 aliphatic heterocycles. The molecule has 2 atom stereocenters. The molecule has 1 aromatic carbocycles. The summed E-state index contributed by atoms with van der Waals surface area (Å²) < 4.78 is 0. The van der Waals surface area contributed by atoms with E-state index >= 15 is 0 Å². The molecule has 2 rings (SSSR count). The maximum absolute atomic E-state index is 12.0. The summed E-state index contributed by atoms with van der Waals surface area (Å²) in [6, 6.07) is 7.57. The van der Waals surface area contributed by atoms with Crippen LogP contribution >= 0.6 is 12.2 Å². The van der Waals surface area contributed by atoms with Crippen LogP contribution in [0.2, 0.25) is 0 Å². The van der Waals surface area contributed by atoms with Crippen LogP contribution in [0.15, 0.2) is 24.3 Å². The molecule has 1 aromatic rings. The number of carbonyl (C=O) groups excluding carboxylic acids is 1. The van der Waals surface area contributed by atoms with Crippen LogP contribution < -0.4 is 11.1 Å². The maximum atomic E-state index is 12.0. The Morgan fingerprint density at radius 1 is 1.29 bits per heavy atom. The van der Waals surface area contributed by atoms with Crippen molar-refractivity contribution in [2.24, 2.45) is 17.6 Å². The first kappa shape index (κ1) is 16.0. The van der Waals surface area contributed by atoms with Crippen molar-refractivity contribution in [1.29, 1.82) is 0 Å². The van der Waals surface area contributed by atoms with E-state index in [4.69, 9.17) is 18.0 Å². The van der Waals surface area contributed by atoms with Crippen LogP contribution in [0.4, 0.5) is 0 Å². The molecule has 0 bridgehead atoms. The molecule has 0 radical (unpaired) electrons. The molecule has 1 saturated carbocycles. The fourth-order valence-electron chi connectivity index (χ4n) is 2.98. The predicted octanol–water partition coefficient (Wildman–Crippen LogP) is 2.81. The Morgan fingerprint density at radius 3 is 2.57 bits per heavy atom. The van der Waals surface area contributed by atoms with Gasteiger partial charge in [0.05, 0.1) is 6.42 Å². The number of nitrogens with two attached hydrogens (primary N) is 1. The summed E-state index contributed by atoms with van der Waals surface area (Å²) >= 11 is 4.92. The normalized spacial score (nSPS) is 21.8. The van der Waals surface area contributed by atoms with Gasteiger partial charge < -0.3 is 11.1 Å². The first-order valence-corrected chi connectivity index (χ1v) is 8.12. The summed E-state index contributed by atoms with van der Waals surface area (Å²) in [5, 5.41) is 3.08. The molecule has 2 unspecified atom stereocenters. The average molecular weight is 304 g/mol. The highest BCUT2D eigenvalue weighted by Gasteiger charge is 2.21. The van der Waals surface area contributed by atoms with Crippen molar-refractivity contribution in [3.05, 3.63) is 35.4 Å². The topological polar surface area (TPSA) is 55.1 Å². The highest BCUT2D eigenvalue weighted by molar-refractivity contribution is 7.80. The second-order valence-electron chi connectivity index (χ2n) is 6.06. The van der Waals surface area contributed by atoms with Crippen LogP contribution in [0.1, 0.15) is 43.7 Å². The van der Waals surface area contributed by atoms with Gasteiger partial charge in [-0.15, -0.1) is 0 Å². The van der Waals surface area contributed by atoms with Gasteiger partial charge in [0.15, 0.2) is 0 Å². The number of carbonyl (C=O) groups is 1. The van der Waals surface area contributed by atoms with E-state index in [9.17, 15) is 4.79 Å². The monoisotopic (exact) mass is 304 g/mol. The average Bonchev–Trinajstić information content (AvgIpc) is 2.47. The Labute approximate surface area is 132 Å². The van der Waals surface area contributed by atoms with Crippen molar-refractivity contribution >= 4 is 23.1 Å². The summed E-state index contributed by atoms with van der Waals surface area (Å²) in [5.74, 6) is 1.46. The minimum Gasteiger partial charge on any atom is -0.389 e. The summed E-state index contributed by atoms with van der Waals surface area (Å²) in [6.45, 7) is 3.11. The maximum Gasteiger partial charge on any atom is 0.224 e. The van der Waals surface area contributed by atoms with E-state index in [-0.39, 0.29) is 5.91 Å². The summed E-state index contributed by atoms with van der Waals surface area (Å²) in [4.78, 5) is 12.4. The molecule has 0 spiro atoms. The quantitative estimate of drug-likeness (QED) is 0.823. The number of rotatable bonds is 5. The molecule has 21 heavy (non-hydrogen) atoms. The smallest absolute Gasteiger partial charge is 0.224 e. The molecule has 1 fully saturated rings. The highest BCUT2D eigenvalue weighted by atomic mass is 32.1. The molecular formula is C17H24N2OS. The number of amides is 1. The van der Waals surface area contributed by atoms with Crippen LogP contribution in [0.3, 0.4) is 0 Å². The SMILES string of the molecule is CC1CCCCC1CNC(=O)Cc1ccc(C(N)=S)cc1. The molecule has 1 aliphatic carbocycles. The summed E-state index contributed by atoms with van der Waals surface area (Å²) in [7, 11) is 0. The van der Waals surface area contributed by atoms with Gasteiger partial charge >= 0.3 is 0 Å². The Morgan fingerprint density at radius 2 is 1.95 bits per heavy atom. The van der Waals surface area contributed by atoms with Crippen molar-refractivity contribution in [1.82, 2.24) is 5.32 Å². The largest absolute Gasteiger partial charge is 0.389 e. The van der Waals surface area contributed by atoms with Gasteiger partial charge in [-0.25, -0.2) is 0 Å². The third kappa shape index (κ3) is 4.81. The standard InChI is InChI=1S/C17H24N2OS/c1-12-4-2-3-5-15(12)11-19-16(20)10-13-6-8-14(9-7-13)17(18)21/h6-9,12,15H,2-5,10-11H2,1H3,(H2,18,21)(H,19,20). The second-order valence-corrected chi connectivity index (χ2v) is 6.50. The Kier molecular flexibility index (Phi) is 5.74. The van der Waals surface area contributed by atoms with E-state index in [1.807, 2.05) is 24.3 Å². The third-order valence-electron chi connectivity index (χ3n) is 4.45. The van der Waals surface area contributed by atoms with Gasteiger partial charge in [-0.2, -0.15) is 0 Å². The fourth-order valence-corrected chi connectivity index (χ4v) is 3.11. The molecular weight excluding hydrogens is 280 g/mol. The van der Waals surface area contributed by atoms with Crippen LogP contribution in [-0.2, 0) is 11.2 Å². The number of hydrogen-bond donors (Lipinski definition) is 2. The minimum atomic E-state index is 0.0934. The zero-order chi connectivity index (χ0) is 15.2. The molecule has 0 heterocycles. The first-order chi connectivity index (χ1) is 10.1. The highest BCUT2D eigenvalue weighted by Crippen LogP contribution is 2.28. The Bertz CT molecular complexity index is 498. The van der Waals surface area contributed by atoms with Gasteiger partial charge in [-0.3, -0.25) is 4.79 Å². The molecule has 1 aliphatic rings. The number of nitrogens with one attached hydrogen (secondary N) is 1. The Balaban J connectivity index is 1.80. The lowest BCUT2D eigenvalue weighted by Gasteiger charge is -2.28. The van der Waals surface area contributed by atoms with Gasteiger partial charge in [-0.1, -0.05) is 62.7 Å². The molecule has 3 N–H and O–H groups in total. The van der Waals surface area contributed by atoms with E-state index in [1.165, 1.54) is 25.7 Å². The molecule has 0 saturated heterocycles. The van der Waals surface area contributed by atoms with Crippen LogP contribution in [0.25, 0.3) is 0 Å². The minimum absolute atomic E-state index is 0.0934. The van der Waals surface area contributed by atoms with Gasteiger partial charge in [0.2, 0.25) is 5.91 Å². The van der Waals surface area contributed by atoms with Crippen molar-refractivity contribution in [3.63, 3.8) is 0 Å². The number of benzene rings is 1. The van der Waals surface area contributed by atoms with Crippen molar-refractivity contribution in [2.45, 2.75) is 39.0 Å². The van der Waals surface area contributed by atoms with E-state index < -0.39 is 0 Å². The third-order valence-corrected chi connectivity index (χ3v) is 4.69. The van der Waals surface area contributed by atoms with E-state index in [1.54, 1.807) is 0 Å². The van der Waals surface area contributed by atoms with E-state index in [0.717, 1.165) is 23.6 Å². The lowest BCUT2D eigenvalue weighted by Crippen LogP contribution is -2.34. The summed E-state index contributed by atoms with van der Waals surface area (Å²) in [5.41, 5.74) is 7.39. The van der Waals surface area contributed by atoms with Gasteiger partial charge in [-0.05, 0) is 23.8 Å². The number of thiocarbonyl (C=S) groups is 1. The van der Waals surface area contributed by atoms with E-state index in [2.05, 4.69) is 12.2 Å². The molecule has 114 valence electrons. The van der Waals surface area contributed by atoms with Crippen LogP contribution in [0.5, 0.6) is 0 Å². The fraction of sp³-hybridized carbons (Fsp3) is 0.529. The summed E-state index contributed by atoms with van der Waals surface area (Å²) in [6.07, 6.45) is 5.58. The molecule has 3 nitrogen and oxygen atoms in total. The predicted molar refractivity (Wildman–Crippen MR) is 90.2 cm³/mol. The van der Waals surface area contributed by atoms with Crippen molar-refractivity contribution in [3.8, 4) is 0 Å². The first-order valence-electron chi connectivity index (χ1n) is 7.71. The van der Waals surface area contributed by atoms with Gasteiger partial charge in [0, 0.05) is 12.1 Å². The molecule has 1 amide bonds. The Hall–Kier alpha value is -1.42. The van der Waals surface area contributed by atoms with Gasteiger partial charge in [0.1, 0.15) is 4.99 Å². The van der Waals surface area contributed by atoms with Crippen molar-refractivity contribution < 1.29 is 4.79 Å². The lowest BCUT2D eigenvalue weighted by molar-refractivity contribution is -0.120. The van der Waals surface area contributed by atoms with Crippen LogP contribution in [-0.4, -0.2) is 17.4 Å². The zero-order valence-electron chi connectivity index (χ0n) is 12.6. The second kappa shape index (κ2) is 7.55. The lowest BCUT2D eigenvalue weighted by atomic mass is 9.80. The zero-order valence-corrected chi connectivity index (χ0v) is 13.4. The number of hydrogen-bond acceptors (Lipinski definition) is 2. The van der Waals surface area contributed by atoms with E-state index in [0.29, 0.717) is 17.3 Å². The molecule has 0 aromatic heterocycles. The molecule has 4 heteroatoms.